The normalized spacial score (nSPS) is 14.9. The van der Waals surface area contributed by atoms with Gasteiger partial charge in [0.05, 0.1) is 24.1 Å². The summed E-state index contributed by atoms with van der Waals surface area (Å²) in [7, 11) is 0. The van der Waals surface area contributed by atoms with Crippen molar-refractivity contribution < 1.29 is 13.9 Å². The number of H-pyrrole nitrogens is 1. The lowest BCUT2D eigenvalue weighted by Gasteiger charge is -2.20. The van der Waals surface area contributed by atoms with E-state index in [0.717, 1.165) is 18.4 Å². The fourth-order valence-electron chi connectivity index (χ4n) is 2.56. The van der Waals surface area contributed by atoms with Crippen molar-refractivity contribution >= 4 is 0 Å². The first kappa shape index (κ1) is 14.2. The number of aliphatic hydroxyl groups excluding tert-OH is 1. The van der Waals surface area contributed by atoms with E-state index in [0.29, 0.717) is 24.8 Å². The van der Waals surface area contributed by atoms with Crippen molar-refractivity contribution in [3.05, 3.63) is 41.6 Å². The zero-order valence-electron chi connectivity index (χ0n) is 11.5. The number of aliphatic hydroxyl groups is 1. The lowest BCUT2D eigenvalue weighted by atomic mass is 10.1. The minimum Gasteiger partial charge on any atom is -0.395 e. The SMILES string of the molecule is OCCN(Cc1cn[nH]c1-c1c(F)cccc1F)C1CC1. The molecule has 1 aromatic heterocycles. The Kier molecular flexibility index (Phi) is 3.98. The van der Waals surface area contributed by atoms with Crippen molar-refractivity contribution in [2.24, 2.45) is 0 Å². The van der Waals surface area contributed by atoms with E-state index in [1.165, 1.54) is 18.2 Å². The van der Waals surface area contributed by atoms with Crippen molar-refractivity contribution in [3.8, 4) is 11.3 Å². The molecule has 1 heterocycles. The Balaban J connectivity index is 1.90. The Morgan fingerprint density at radius 1 is 1.29 bits per heavy atom. The molecule has 112 valence electrons. The van der Waals surface area contributed by atoms with Gasteiger partial charge in [-0.3, -0.25) is 10.00 Å². The van der Waals surface area contributed by atoms with Crippen molar-refractivity contribution in [1.82, 2.24) is 15.1 Å². The molecule has 0 saturated heterocycles. The first-order chi connectivity index (χ1) is 10.2. The maximum absolute atomic E-state index is 13.9. The van der Waals surface area contributed by atoms with E-state index >= 15 is 0 Å². The van der Waals surface area contributed by atoms with E-state index in [2.05, 4.69) is 15.1 Å². The summed E-state index contributed by atoms with van der Waals surface area (Å²) in [6.45, 7) is 1.14. The minimum absolute atomic E-state index is 0.0672. The third kappa shape index (κ3) is 2.96. The highest BCUT2D eigenvalue weighted by Crippen LogP contribution is 2.31. The second kappa shape index (κ2) is 5.91. The molecule has 1 saturated carbocycles. The Morgan fingerprint density at radius 2 is 2.00 bits per heavy atom. The molecule has 0 aliphatic heterocycles. The molecule has 21 heavy (non-hydrogen) atoms. The Hall–Kier alpha value is -1.79. The number of nitrogens with zero attached hydrogens (tertiary/aromatic N) is 2. The lowest BCUT2D eigenvalue weighted by Crippen LogP contribution is -2.28. The Morgan fingerprint density at radius 3 is 2.62 bits per heavy atom. The quantitative estimate of drug-likeness (QED) is 0.859. The van der Waals surface area contributed by atoms with Crippen LogP contribution in [0.25, 0.3) is 11.3 Å². The Labute approximate surface area is 121 Å². The number of halogens is 2. The average molecular weight is 293 g/mol. The van der Waals surface area contributed by atoms with Crippen LogP contribution in [0.5, 0.6) is 0 Å². The maximum atomic E-state index is 13.9. The molecule has 0 unspecified atom stereocenters. The van der Waals surface area contributed by atoms with Crippen LogP contribution in [-0.2, 0) is 6.54 Å². The predicted octanol–water partition coefficient (Wildman–Crippen LogP) is 2.31. The summed E-state index contributed by atoms with van der Waals surface area (Å²) < 4.78 is 27.8. The molecule has 1 fully saturated rings. The molecule has 2 N–H and O–H groups in total. The minimum atomic E-state index is -0.611. The monoisotopic (exact) mass is 293 g/mol. The van der Waals surface area contributed by atoms with Gasteiger partial charge in [-0.15, -0.1) is 0 Å². The van der Waals surface area contributed by atoms with E-state index < -0.39 is 11.6 Å². The van der Waals surface area contributed by atoms with Crippen LogP contribution < -0.4 is 0 Å². The first-order valence-corrected chi connectivity index (χ1v) is 7.02. The molecule has 3 rings (SSSR count). The number of nitrogens with one attached hydrogen (secondary N) is 1. The maximum Gasteiger partial charge on any atom is 0.135 e. The van der Waals surface area contributed by atoms with E-state index in [1.54, 1.807) is 6.20 Å². The summed E-state index contributed by atoms with van der Waals surface area (Å²) in [4.78, 5) is 2.12. The van der Waals surface area contributed by atoms with Crippen LogP contribution in [-0.4, -0.2) is 39.4 Å². The summed E-state index contributed by atoms with van der Waals surface area (Å²) in [6, 6.07) is 4.25. The van der Waals surface area contributed by atoms with E-state index in [4.69, 9.17) is 5.11 Å². The number of hydrogen-bond donors (Lipinski definition) is 2. The standard InChI is InChI=1S/C15H17F2N3O/c16-12-2-1-3-13(17)14(12)15-10(8-18-19-15)9-20(6-7-21)11-4-5-11/h1-3,8,11,21H,4-7,9H2,(H,18,19). The molecule has 0 radical (unpaired) electrons. The van der Waals surface area contributed by atoms with E-state index in [1.807, 2.05) is 0 Å². The van der Waals surface area contributed by atoms with Crippen molar-refractivity contribution in [3.63, 3.8) is 0 Å². The van der Waals surface area contributed by atoms with Crippen LogP contribution in [0.15, 0.2) is 24.4 Å². The highest BCUT2D eigenvalue weighted by molar-refractivity contribution is 5.64. The van der Waals surface area contributed by atoms with Crippen molar-refractivity contribution in [1.29, 1.82) is 0 Å². The van der Waals surface area contributed by atoms with Crippen molar-refractivity contribution in [2.75, 3.05) is 13.2 Å². The summed E-state index contributed by atoms with van der Waals surface area (Å²) in [6.07, 6.45) is 3.79. The molecular weight excluding hydrogens is 276 g/mol. The molecule has 4 nitrogen and oxygen atoms in total. The molecule has 1 aliphatic carbocycles. The number of hydrogen-bond acceptors (Lipinski definition) is 3. The van der Waals surface area contributed by atoms with E-state index in [9.17, 15) is 8.78 Å². The van der Waals surface area contributed by atoms with Gasteiger partial charge in [-0.25, -0.2) is 8.78 Å². The highest BCUT2D eigenvalue weighted by atomic mass is 19.1. The van der Waals surface area contributed by atoms with Gasteiger partial charge in [0, 0.05) is 24.7 Å². The van der Waals surface area contributed by atoms with Gasteiger partial charge in [-0.2, -0.15) is 5.10 Å². The summed E-state index contributed by atoms with van der Waals surface area (Å²) in [5.74, 6) is -1.22. The highest BCUT2D eigenvalue weighted by Gasteiger charge is 2.29. The molecule has 6 heteroatoms. The largest absolute Gasteiger partial charge is 0.395 e. The topological polar surface area (TPSA) is 52.1 Å². The number of aromatic nitrogens is 2. The van der Waals surface area contributed by atoms with Gasteiger partial charge in [0.25, 0.3) is 0 Å². The number of aromatic amines is 1. The zero-order chi connectivity index (χ0) is 14.8. The average Bonchev–Trinajstić information content (AvgIpc) is 3.20. The summed E-state index contributed by atoms with van der Waals surface area (Å²) >= 11 is 0. The molecule has 2 aromatic rings. The third-order valence-electron chi connectivity index (χ3n) is 3.75. The zero-order valence-corrected chi connectivity index (χ0v) is 11.5. The predicted molar refractivity (Wildman–Crippen MR) is 74.5 cm³/mol. The van der Waals surface area contributed by atoms with Crippen LogP contribution in [0.4, 0.5) is 8.78 Å². The summed E-state index contributed by atoms with van der Waals surface area (Å²) in [5, 5.41) is 15.7. The van der Waals surface area contributed by atoms with Gasteiger partial charge in [-0.05, 0) is 25.0 Å². The molecule has 0 atom stereocenters. The van der Waals surface area contributed by atoms with Gasteiger partial charge < -0.3 is 5.11 Å². The molecule has 0 amide bonds. The van der Waals surface area contributed by atoms with Crippen LogP contribution in [0, 0.1) is 11.6 Å². The summed E-state index contributed by atoms with van der Waals surface area (Å²) in [5.41, 5.74) is 1.03. The molecular formula is C15H17F2N3O. The fraction of sp³-hybridized carbons (Fsp3) is 0.400. The van der Waals surface area contributed by atoms with Crippen LogP contribution in [0.3, 0.4) is 0 Å². The van der Waals surface area contributed by atoms with E-state index in [-0.39, 0.29) is 12.2 Å². The Bertz CT molecular complexity index is 605. The smallest absolute Gasteiger partial charge is 0.135 e. The van der Waals surface area contributed by atoms with Crippen LogP contribution in [0.2, 0.25) is 0 Å². The molecule has 0 bridgehead atoms. The van der Waals surface area contributed by atoms with Gasteiger partial charge in [0.15, 0.2) is 0 Å². The second-order valence-corrected chi connectivity index (χ2v) is 5.29. The first-order valence-electron chi connectivity index (χ1n) is 7.02. The van der Waals surface area contributed by atoms with Crippen molar-refractivity contribution in [2.45, 2.75) is 25.4 Å². The van der Waals surface area contributed by atoms with Gasteiger partial charge in [-0.1, -0.05) is 6.07 Å². The van der Waals surface area contributed by atoms with Gasteiger partial charge >= 0.3 is 0 Å². The van der Waals surface area contributed by atoms with Crippen LogP contribution >= 0.6 is 0 Å². The lowest BCUT2D eigenvalue weighted by molar-refractivity contribution is 0.183. The molecule has 1 aromatic carbocycles. The number of benzene rings is 1. The van der Waals surface area contributed by atoms with Gasteiger partial charge in [0.2, 0.25) is 0 Å². The molecule has 1 aliphatic rings. The molecule has 0 spiro atoms. The van der Waals surface area contributed by atoms with Crippen LogP contribution in [0.1, 0.15) is 18.4 Å². The number of rotatable bonds is 6. The van der Waals surface area contributed by atoms with Gasteiger partial charge in [0.1, 0.15) is 11.6 Å². The second-order valence-electron chi connectivity index (χ2n) is 5.29. The third-order valence-corrected chi connectivity index (χ3v) is 3.75. The fourth-order valence-corrected chi connectivity index (χ4v) is 2.56.